The molecule has 12 heteroatoms. The first-order valence-corrected chi connectivity index (χ1v) is 12.6. The van der Waals surface area contributed by atoms with Crippen molar-refractivity contribution >= 4 is 29.1 Å². The van der Waals surface area contributed by atoms with Crippen LogP contribution in [-0.2, 0) is 33.6 Å². The van der Waals surface area contributed by atoms with Gasteiger partial charge in [0.15, 0.2) is 5.69 Å². The number of halogens is 4. The maximum absolute atomic E-state index is 13.3. The van der Waals surface area contributed by atoms with Crippen molar-refractivity contribution in [1.82, 2.24) is 19.6 Å². The average Bonchev–Trinajstić information content (AvgIpc) is 3.30. The van der Waals surface area contributed by atoms with Crippen LogP contribution in [0.1, 0.15) is 37.9 Å². The maximum atomic E-state index is 13.3. The third-order valence-electron chi connectivity index (χ3n) is 6.32. The molecule has 1 aromatic heterocycles. The van der Waals surface area contributed by atoms with E-state index in [0.717, 1.165) is 22.9 Å². The second-order valence-electron chi connectivity index (χ2n) is 9.26. The smallest absolute Gasteiger partial charge is 0.375 e. The normalized spacial score (nSPS) is 16.0. The molecule has 1 aliphatic rings. The standard InChI is InChI=1S/C25H33ClF3N5O3/c1-18(2)31-9-4-10-34(24(36)17-37-3)21-15-20(26)6-5-19(21)16-32(14-13-31)23(35)8-12-33-11-7-22(30-33)25(27,28)29/h5-7,11,15,18H,4,8-10,12-14,16-17H2,1-3H3. The van der Waals surface area contributed by atoms with Crippen LogP contribution in [0, 0.1) is 0 Å². The lowest BCUT2D eigenvalue weighted by Crippen LogP contribution is -2.41. The van der Waals surface area contributed by atoms with Crippen molar-refractivity contribution in [2.45, 2.75) is 52.0 Å². The Bertz CT molecular complexity index is 1080. The Morgan fingerprint density at radius 2 is 1.86 bits per heavy atom. The molecule has 0 fully saturated rings. The summed E-state index contributed by atoms with van der Waals surface area (Å²) in [6.07, 6.45) is -2.62. The molecule has 0 aliphatic carbocycles. The largest absolute Gasteiger partial charge is 0.435 e. The van der Waals surface area contributed by atoms with E-state index in [9.17, 15) is 22.8 Å². The minimum atomic E-state index is -4.54. The number of anilines is 1. The highest BCUT2D eigenvalue weighted by molar-refractivity contribution is 6.31. The Morgan fingerprint density at radius 1 is 1.11 bits per heavy atom. The van der Waals surface area contributed by atoms with Crippen LogP contribution >= 0.6 is 11.6 Å². The number of fused-ring (bicyclic) bond motifs is 1. The van der Waals surface area contributed by atoms with Crippen LogP contribution in [0.2, 0.25) is 5.02 Å². The Morgan fingerprint density at radius 3 is 2.51 bits per heavy atom. The van der Waals surface area contributed by atoms with Gasteiger partial charge in [0, 0.05) is 70.1 Å². The number of carbonyl (C=O) groups is 2. The van der Waals surface area contributed by atoms with E-state index in [4.69, 9.17) is 16.3 Å². The quantitative estimate of drug-likeness (QED) is 0.549. The molecule has 0 radical (unpaired) electrons. The molecular formula is C25H33ClF3N5O3. The number of methoxy groups -OCH3 is 1. The minimum absolute atomic E-state index is 0.0180. The van der Waals surface area contributed by atoms with Crippen molar-refractivity contribution in [1.29, 1.82) is 0 Å². The minimum Gasteiger partial charge on any atom is -0.375 e. The number of amides is 2. The van der Waals surface area contributed by atoms with Gasteiger partial charge in [0.1, 0.15) is 6.61 Å². The van der Waals surface area contributed by atoms with Crippen molar-refractivity contribution < 1.29 is 27.5 Å². The molecule has 0 spiro atoms. The predicted molar refractivity (Wildman–Crippen MR) is 134 cm³/mol. The molecule has 8 nitrogen and oxygen atoms in total. The molecule has 0 N–H and O–H groups in total. The molecule has 3 rings (SSSR count). The van der Waals surface area contributed by atoms with E-state index < -0.39 is 11.9 Å². The molecular weight excluding hydrogens is 511 g/mol. The number of benzene rings is 1. The van der Waals surface area contributed by atoms with Crippen LogP contribution in [0.5, 0.6) is 0 Å². The number of rotatable bonds is 6. The fraction of sp³-hybridized carbons (Fsp3) is 0.560. The highest BCUT2D eigenvalue weighted by Gasteiger charge is 2.33. The van der Waals surface area contributed by atoms with Crippen molar-refractivity contribution in [3.8, 4) is 0 Å². The summed E-state index contributed by atoms with van der Waals surface area (Å²) in [7, 11) is 1.46. The molecule has 0 bridgehead atoms. The molecule has 2 heterocycles. The molecule has 1 aliphatic heterocycles. The summed E-state index contributed by atoms with van der Waals surface area (Å²) in [4.78, 5) is 31.8. The number of nitrogens with zero attached hydrogens (tertiary/aromatic N) is 5. The van der Waals surface area contributed by atoms with Gasteiger partial charge in [0.05, 0.1) is 5.69 Å². The fourth-order valence-electron chi connectivity index (χ4n) is 4.32. The van der Waals surface area contributed by atoms with Crippen molar-refractivity contribution in [3.63, 3.8) is 0 Å². The Balaban J connectivity index is 1.87. The van der Waals surface area contributed by atoms with Crippen molar-refractivity contribution in [3.05, 3.63) is 46.7 Å². The Labute approximate surface area is 219 Å². The molecule has 0 saturated heterocycles. The predicted octanol–water partition coefficient (Wildman–Crippen LogP) is 4.07. The maximum Gasteiger partial charge on any atom is 0.435 e. The van der Waals surface area contributed by atoms with Gasteiger partial charge in [-0.05, 0) is 44.0 Å². The van der Waals surface area contributed by atoms with E-state index in [2.05, 4.69) is 23.8 Å². The molecule has 2 amide bonds. The Hall–Kier alpha value is -2.63. The highest BCUT2D eigenvalue weighted by atomic mass is 35.5. The van der Waals surface area contributed by atoms with Crippen LogP contribution in [0.25, 0.3) is 0 Å². The van der Waals surface area contributed by atoms with Gasteiger partial charge in [-0.2, -0.15) is 18.3 Å². The van der Waals surface area contributed by atoms with Gasteiger partial charge in [-0.15, -0.1) is 0 Å². The first kappa shape index (κ1) is 28.9. The number of hydrogen-bond acceptors (Lipinski definition) is 5. The van der Waals surface area contributed by atoms with Gasteiger partial charge in [0.2, 0.25) is 5.91 Å². The van der Waals surface area contributed by atoms with Gasteiger partial charge in [-0.1, -0.05) is 17.7 Å². The number of aryl methyl sites for hydroxylation is 1. The van der Waals surface area contributed by atoms with Crippen LogP contribution in [-0.4, -0.2) is 77.3 Å². The summed E-state index contributed by atoms with van der Waals surface area (Å²) in [5.74, 6) is -0.430. The molecule has 2 aromatic rings. The molecule has 0 unspecified atom stereocenters. The molecule has 37 heavy (non-hydrogen) atoms. The summed E-state index contributed by atoms with van der Waals surface area (Å²) in [5, 5.41) is 4.00. The van der Waals surface area contributed by atoms with E-state index in [1.165, 1.54) is 13.3 Å². The summed E-state index contributed by atoms with van der Waals surface area (Å²) < 4.78 is 44.9. The monoisotopic (exact) mass is 543 g/mol. The third kappa shape index (κ3) is 7.93. The second kappa shape index (κ2) is 12.7. The summed E-state index contributed by atoms with van der Waals surface area (Å²) in [5.41, 5.74) is 0.375. The first-order chi connectivity index (χ1) is 17.5. The topological polar surface area (TPSA) is 70.9 Å². The van der Waals surface area contributed by atoms with Crippen molar-refractivity contribution in [2.75, 3.05) is 44.8 Å². The summed E-state index contributed by atoms with van der Waals surface area (Å²) in [6.45, 7) is 6.54. The molecule has 204 valence electrons. The summed E-state index contributed by atoms with van der Waals surface area (Å²) in [6, 6.07) is 6.34. The lowest BCUT2D eigenvalue weighted by molar-refractivity contribution is -0.141. The van der Waals surface area contributed by atoms with Crippen LogP contribution in [0.3, 0.4) is 0 Å². The summed E-state index contributed by atoms with van der Waals surface area (Å²) >= 11 is 6.29. The zero-order chi connectivity index (χ0) is 27.2. The number of ether oxygens (including phenoxy) is 1. The Kier molecular flexibility index (Phi) is 9.97. The number of alkyl halides is 3. The van der Waals surface area contributed by atoms with E-state index in [1.807, 2.05) is 0 Å². The van der Waals surface area contributed by atoms with Gasteiger partial charge in [-0.3, -0.25) is 19.2 Å². The SMILES string of the molecule is COCC(=O)N1CCCN(C(C)C)CCN(C(=O)CCn2ccc(C(F)(F)F)n2)Cc2ccc(Cl)cc21. The first-order valence-electron chi connectivity index (χ1n) is 12.2. The van der Waals surface area contributed by atoms with Gasteiger partial charge in [0.25, 0.3) is 5.91 Å². The highest BCUT2D eigenvalue weighted by Crippen LogP contribution is 2.29. The van der Waals surface area contributed by atoms with E-state index in [1.54, 1.807) is 28.0 Å². The van der Waals surface area contributed by atoms with E-state index in [-0.39, 0.29) is 44.0 Å². The zero-order valence-corrected chi connectivity index (χ0v) is 22.1. The van der Waals surface area contributed by atoms with E-state index >= 15 is 0 Å². The number of hydrogen-bond donors (Lipinski definition) is 0. The van der Waals surface area contributed by atoms with Gasteiger partial charge >= 0.3 is 6.18 Å². The number of aromatic nitrogens is 2. The average molecular weight is 544 g/mol. The van der Waals surface area contributed by atoms with Crippen LogP contribution in [0.4, 0.5) is 18.9 Å². The molecule has 0 atom stereocenters. The van der Waals surface area contributed by atoms with Gasteiger partial charge in [-0.25, -0.2) is 0 Å². The van der Waals surface area contributed by atoms with Crippen LogP contribution in [0.15, 0.2) is 30.5 Å². The lowest BCUT2D eigenvalue weighted by Gasteiger charge is -2.30. The zero-order valence-electron chi connectivity index (χ0n) is 21.3. The number of carbonyl (C=O) groups excluding carboxylic acids is 2. The molecule has 0 saturated carbocycles. The fourth-order valence-corrected chi connectivity index (χ4v) is 4.48. The van der Waals surface area contributed by atoms with Crippen LogP contribution < -0.4 is 4.90 Å². The van der Waals surface area contributed by atoms with Crippen molar-refractivity contribution in [2.24, 2.45) is 0 Å². The molecule has 1 aromatic carbocycles. The lowest BCUT2D eigenvalue weighted by atomic mass is 10.1. The second-order valence-corrected chi connectivity index (χ2v) is 9.70. The van der Waals surface area contributed by atoms with Gasteiger partial charge < -0.3 is 14.5 Å². The van der Waals surface area contributed by atoms with E-state index in [0.29, 0.717) is 36.8 Å². The third-order valence-corrected chi connectivity index (χ3v) is 6.56.